The zero-order valence-electron chi connectivity index (χ0n) is 18.1. The second kappa shape index (κ2) is 8.34. The van der Waals surface area contributed by atoms with Gasteiger partial charge in [0.2, 0.25) is 5.91 Å². The summed E-state index contributed by atoms with van der Waals surface area (Å²) < 4.78 is 7.20. The van der Waals surface area contributed by atoms with Crippen molar-refractivity contribution in [2.45, 2.75) is 45.6 Å². The minimum Gasteiger partial charge on any atom is -0.497 e. The number of nitrogens with zero attached hydrogens (tertiary/aromatic N) is 4. The number of aromatic amines is 1. The maximum absolute atomic E-state index is 13.0. The number of rotatable bonds is 5. The van der Waals surface area contributed by atoms with Gasteiger partial charge in [-0.3, -0.25) is 14.6 Å². The zero-order chi connectivity index (χ0) is 21.3. The summed E-state index contributed by atoms with van der Waals surface area (Å²) in [5.41, 5.74) is 5.30. The Morgan fingerprint density at radius 3 is 2.67 bits per heavy atom. The van der Waals surface area contributed by atoms with Gasteiger partial charge in [-0.05, 0) is 57.4 Å². The summed E-state index contributed by atoms with van der Waals surface area (Å²) in [6.45, 7) is 7.36. The number of aromatic nitrogens is 4. The van der Waals surface area contributed by atoms with Crippen molar-refractivity contribution in [1.29, 1.82) is 0 Å². The Labute approximate surface area is 177 Å². The number of piperidine rings is 1. The van der Waals surface area contributed by atoms with Gasteiger partial charge in [0.05, 0.1) is 19.0 Å². The predicted octanol–water partition coefficient (Wildman–Crippen LogP) is 3.87. The highest BCUT2D eigenvalue weighted by molar-refractivity contribution is 5.80. The molecule has 0 radical (unpaired) electrons. The molecule has 0 spiro atoms. The Hall–Kier alpha value is -3.09. The molecule has 1 unspecified atom stereocenters. The first-order valence-corrected chi connectivity index (χ1v) is 10.5. The van der Waals surface area contributed by atoms with E-state index in [1.807, 2.05) is 60.8 Å². The fraction of sp³-hybridized carbons (Fsp3) is 0.435. The van der Waals surface area contributed by atoms with Crippen molar-refractivity contribution >= 4 is 5.91 Å². The predicted molar refractivity (Wildman–Crippen MR) is 116 cm³/mol. The second-order valence-corrected chi connectivity index (χ2v) is 8.08. The molecule has 0 bridgehead atoms. The molecular formula is C23H29N5O2. The average Bonchev–Trinajstić information content (AvgIpc) is 3.39. The molecule has 1 atom stereocenters. The lowest BCUT2D eigenvalue weighted by molar-refractivity contribution is -0.135. The second-order valence-electron chi connectivity index (χ2n) is 8.08. The van der Waals surface area contributed by atoms with Crippen molar-refractivity contribution in [1.82, 2.24) is 24.9 Å². The van der Waals surface area contributed by atoms with Crippen molar-refractivity contribution < 1.29 is 9.53 Å². The molecule has 3 aromatic rings. The maximum atomic E-state index is 13.0. The van der Waals surface area contributed by atoms with Gasteiger partial charge in [-0.2, -0.15) is 10.2 Å². The van der Waals surface area contributed by atoms with Gasteiger partial charge in [0.25, 0.3) is 0 Å². The molecule has 1 aliphatic rings. The molecule has 1 fully saturated rings. The Balaban J connectivity index is 1.45. The van der Waals surface area contributed by atoms with Crippen LogP contribution >= 0.6 is 0 Å². The number of aryl methyl sites for hydroxylation is 2. The highest BCUT2D eigenvalue weighted by atomic mass is 16.5. The third kappa shape index (κ3) is 3.84. The first-order valence-electron chi connectivity index (χ1n) is 10.5. The number of nitrogens with one attached hydrogen (secondary N) is 1. The molecule has 0 aliphatic carbocycles. The van der Waals surface area contributed by atoms with Crippen LogP contribution < -0.4 is 4.74 Å². The number of amides is 1. The number of methoxy groups -OCH3 is 1. The van der Waals surface area contributed by atoms with Gasteiger partial charge in [0.1, 0.15) is 11.8 Å². The van der Waals surface area contributed by atoms with Gasteiger partial charge in [-0.25, -0.2) is 0 Å². The smallest absolute Gasteiger partial charge is 0.247 e. The van der Waals surface area contributed by atoms with Crippen LogP contribution in [0.5, 0.6) is 5.75 Å². The van der Waals surface area contributed by atoms with E-state index in [0.29, 0.717) is 5.92 Å². The Morgan fingerprint density at radius 1 is 1.23 bits per heavy atom. The largest absolute Gasteiger partial charge is 0.497 e. The van der Waals surface area contributed by atoms with Crippen LogP contribution in [0.1, 0.15) is 48.8 Å². The molecule has 7 heteroatoms. The summed E-state index contributed by atoms with van der Waals surface area (Å²) in [7, 11) is 1.68. The van der Waals surface area contributed by atoms with E-state index in [2.05, 4.69) is 21.4 Å². The van der Waals surface area contributed by atoms with Crippen LogP contribution in [0.15, 0.2) is 36.5 Å². The first-order chi connectivity index (χ1) is 14.5. The van der Waals surface area contributed by atoms with E-state index in [-0.39, 0.29) is 11.9 Å². The van der Waals surface area contributed by atoms with Crippen LogP contribution in [-0.2, 0) is 4.79 Å². The molecule has 3 heterocycles. The molecule has 0 saturated carbocycles. The summed E-state index contributed by atoms with van der Waals surface area (Å²) in [5, 5.41) is 12.0. The van der Waals surface area contributed by atoms with Crippen molar-refractivity contribution in [2.24, 2.45) is 0 Å². The Morgan fingerprint density at radius 2 is 2.00 bits per heavy atom. The molecule has 7 nitrogen and oxygen atoms in total. The fourth-order valence-corrected chi connectivity index (χ4v) is 4.42. The maximum Gasteiger partial charge on any atom is 0.247 e. The van der Waals surface area contributed by atoms with Crippen molar-refractivity contribution in [3.63, 3.8) is 0 Å². The summed E-state index contributed by atoms with van der Waals surface area (Å²) in [6, 6.07) is 9.77. The Kier molecular flexibility index (Phi) is 5.61. The van der Waals surface area contributed by atoms with Crippen LogP contribution in [0.3, 0.4) is 0 Å². The molecule has 158 valence electrons. The number of ether oxygens (including phenoxy) is 1. The lowest BCUT2D eigenvalue weighted by Crippen LogP contribution is -2.41. The van der Waals surface area contributed by atoms with E-state index < -0.39 is 0 Å². The lowest BCUT2D eigenvalue weighted by Gasteiger charge is -2.33. The van der Waals surface area contributed by atoms with Gasteiger partial charge in [-0.15, -0.1) is 0 Å². The summed E-state index contributed by atoms with van der Waals surface area (Å²) in [6.07, 6.45) is 3.70. The highest BCUT2D eigenvalue weighted by Crippen LogP contribution is 2.35. The zero-order valence-corrected chi connectivity index (χ0v) is 18.1. The number of likely N-dealkylation sites (tertiary alicyclic amines) is 1. The van der Waals surface area contributed by atoms with Gasteiger partial charge in [0, 0.05) is 36.0 Å². The normalized spacial score (nSPS) is 15.9. The number of carbonyl (C=O) groups is 1. The molecule has 4 rings (SSSR count). The van der Waals surface area contributed by atoms with Crippen LogP contribution in [0.2, 0.25) is 0 Å². The van der Waals surface area contributed by atoms with Gasteiger partial charge in [-0.1, -0.05) is 12.1 Å². The SMILES string of the molecule is COc1cccc(-c2cn[nH]c2C2CCN(C(=O)C(C)n3nc(C)cc3C)CC2)c1. The van der Waals surface area contributed by atoms with E-state index in [0.717, 1.165) is 59.9 Å². The third-order valence-electron chi connectivity index (χ3n) is 6.03. The lowest BCUT2D eigenvalue weighted by atomic mass is 9.89. The van der Waals surface area contributed by atoms with Gasteiger partial charge < -0.3 is 9.64 Å². The minimum atomic E-state index is -0.283. The van der Waals surface area contributed by atoms with E-state index in [9.17, 15) is 4.79 Å². The van der Waals surface area contributed by atoms with Crippen LogP contribution in [0, 0.1) is 13.8 Å². The number of hydrogen-bond donors (Lipinski definition) is 1. The summed E-state index contributed by atoms with van der Waals surface area (Å²) >= 11 is 0. The fourth-order valence-electron chi connectivity index (χ4n) is 4.42. The molecule has 1 aromatic carbocycles. The number of benzene rings is 1. The molecule has 1 amide bonds. The number of H-pyrrole nitrogens is 1. The average molecular weight is 408 g/mol. The molecule has 1 saturated heterocycles. The van der Waals surface area contributed by atoms with Crippen molar-refractivity contribution in [3.8, 4) is 16.9 Å². The van der Waals surface area contributed by atoms with Crippen molar-refractivity contribution in [2.75, 3.05) is 20.2 Å². The Bertz CT molecular complexity index is 1030. The van der Waals surface area contributed by atoms with E-state index in [1.165, 1.54) is 0 Å². The van der Waals surface area contributed by atoms with E-state index in [1.54, 1.807) is 7.11 Å². The molecule has 1 N–H and O–H groups in total. The minimum absolute atomic E-state index is 0.136. The quantitative estimate of drug-likeness (QED) is 0.697. The summed E-state index contributed by atoms with van der Waals surface area (Å²) in [5.74, 6) is 1.32. The summed E-state index contributed by atoms with van der Waals surface area (Å²) in [4.78, 5) is 15.0. The van der Waals surface area contributed by atoms with E-state index >= 15 is 0 Å². The molecule has 1 aliphatic heterocycles. The van der Waals surface area contributed by atoms with Crippen LogP contribution in [0.25, 0.3) is 11.1 Å². The highest BCUT2D eigenvalue weighted by Gasteiger charge is 2.30. The molecule has 2 aromatic heterocycles. The first kappa shape index (κ1) is 20.2. The molecule has 30 heavy (non-hydrogen) atoms. The molecular weight excluding hydrogens is 378 g/mol. The van der Waals surface area contributed by atoms with Gasteiger partial charge >= 0.3 is 0 Å². The standard InChI is InChI=1S/C23H29N5O2/c1-15-12-16(2)28(26-15)17(3)23(29)27-10-8-18(9-11-27)22-21(14-24-25-22)19-6-5-7-20(13-19)30-4/h5-7,12-14,17-18H,8-11H2,1-4H3,(H,24,25). The van der Waals surface area contributed by atoms with Crippen LogP contribution in [0.4, 0.5) is 0 Å². The van der Waals surface area contributed by atoms with Crippen LogP contribution in [-0.4, -0.2) is 51.0 Å². The van der Waals surface area contributed by atoms with Crippen molar-refractivity contribution in [3.05, 3.63) is 53.6 Å². The number of carbonyl (C=O) groups excluding carboxylic acids is 1. The topological polar surface area (TPSA) is 76.0 Å². The number of hydrogen-bond acceptors (Lipinski definition) is 4. The third-order valence-corrected chi connectivity index (χ3v) is 6.03. The monoisotopic (exact) mass is 407 g/mol. The van der Waals surface area contributed by atoms with Gasteiger partial charge in [0.15, 0.2) is 0 Å². The van der Waals surface area contributed by atoms with E-state index in [4.69, 9.17) is 4.74 Å².